The van der Waals surface area contributed by atoms with Gasteiger partial charge in [0.25, 0.3) is 0 Å². The fourth-order valence-corrected chi connectivity index (χ4v) is 3.10. The fourth-order valence-electron chi connectivity index (χ4n) is 3.10. The molecule has 1 heterocycles. The summed E-state index contributed by atoms with van der Waals surface area (Å²) in [5, 5.41) is 0. The molecule has 6 heteroatoms. The Hall–Kier alpha value is -2.37. The molecular formula is C19H21F3N2O. The first-order chi connectivity index (χ1) is 11.9. The number of halogens is 3. The second kappa shape index (κ2) is 7.25. The highest BCUT2D eigenvalue weighted by atomic mass is 19.4. The molecule has 3 rings (SSSR count). The summed E-state index contributed by atoms with van der Waals surface area (Å²) in [6.07, 6.45) is -3.51. The molecule has 3 nitrogen and oxygen atoms in total. The van der Waals surface area contributed by atoms with Crippen molar-refractivity contribution in [2.75, 3.05) is 23.7 Å². The molecule has 2 aromatic carbocycles. The van der Waals surface area contributed by atoms with Gasteiger partial charge in [0, 0.05) is 18.8 Å². The number of nitrogens with zero attached hydrogens (tertiary/aromatic N) is 1. The number of benzene rings is 2. The molecule has 2 N–H and O–H groups in total. The van der Waals surface area contributed by atoms with Gasteiger partial charge in [0.15, 0.2) is 0 Å². The van der Waals surface area contributed by atoms with Crippen molar-refractivity contribution in [1.82, 2.24) is 0 Å². The standard InChI is InChI=1S/C19H21F3N2O/c20-19(21,22)15-7-4-10-24(12-15)17-11-16(23)8-9-18(17)25-13-14-5-2-1-3-6-14/h1-3,5-6,8-9,11,15H,4,7,10,12-13,23H2. The molecule has 0 amide bonds. The molecule has 1 saturated heterocycles. The zero-order valence-electron chi connectivity index (χ0n) is 13.8. The van der Waals surface area contributed by atoms with E-state index in [0.717, 1.165) is 5.56 Å². The Morgan fingerprint density at radius 1 is 1.12 bits per heavy atom. The lowest BCUT2D eigenvalue weighted by Gasteiger charge is -2.36. The number of ether oxygens (including phenoxy) is 1. The second-order valence-electron chi connectivity index (χ2n) is 6.33. The van der Waals surface area contributed by atoms with Crippen molar-refractivity contribution in [2.45, 2.75) is 25.6 Å². The first-order valence-electron chi connectivity index (χ1n) is 8.31. The van der Waals surface area contributed by atoms with E-state index in [4.69, 9.17) is 10.5 Å². The molecule has 0 saturated carbocycles. The molecule has 1 aliphatic heterocycles. The molecule has 0 aliphatic carbocycles. The molecule has 1 aliphatic rings. The zero-order valence-corrected chi connectivity index (χ0v) is 13.8. The minimum absolute atomic E-state index is 0.0609. The average Bonchev–Trinajstić information content (AvgIpc) is 2.61. The number of piperidine rings is 1. The lowest BCUT2D eigenvalue weighted by atomic mass is 9.97. The highest BCUT2D eigenvalue weighted by Gasteiger charge is 2.42. The lowest BCUT2D eigenvalue weighted by Crippen LogP contribution is -2.41. The van der Waals surface area contributed by atoms with Gasteiger partial charge in [-0.15, -0.1) is 0 Å². The highest BCUT2D eigenvalue weighted by Crippen LogP contribution is 2.38. The van der Waals surface area contributed by atoms with Crippen molar-refractivity contribution in [3.63, 3.8) is 0 Å². The maximum atomic E-state index is 13.1. The predicted octanol–water partition coefficient (Wildman–Crippen LogP) is 4.63. The van der Waals surface area contributed by atoms with Crippen molar-refractivity contribution >= 4 is 11.4 Å². The van der Waals surface area contributed by atoms with Crippen LogP contribution in [0.3, 0.4) is 0 Å². The van der Waals surface area contributed by atoms with Gasteiger partial charge < -0.3 is 15.4 Å². The van der Waals surface area contributed by atoms with Crippen LogP contribution in [0.1, 0.15) is 18.4 Å². The summed E-state index contributed by atoms with van der Waals surface area (Å²) in [7, 11) is 0. The molecule has 1 unspecified atom stereocenters. The third-order valence-electron chi connectivity index (χ3n) is 4.45. The van der Waals surface area contributed by atoms with E-state index in [-0.39, 0.29) is 13.0 Å². The molecule has 0 bridgehead atoms. The maximum Gasteiger partial charge on any atom is 0.393 e. The van der Waals surface area contributed by atoms with Crippen LogP contribution in [-0.2, 0) is 6.61 Å². The van der Waals surface area contributed by atoms with Crippen LogP contribution in [0.5, 0.6) is 5.75 Å². The number of hydrogen-bond donors (Lipinski definition) is 1. The van der Waals surface area contributed by atoms with Gasteiger partial charge in [-0.1, -0.05) is 30.3 Å². The molecule has 1 fully saturated rings. The number of alkyl halides is 3. The van der Waals surface area contributed by atoms with Crippen molar-refractivity contribution in [2.24, 2.45) is 5.92 Å². The van der Waals surface area contributed by atoms with Crippen LogP contribution < -0.4 is 15.4 Å². The Kier molecular flexibility index (Phi) is 5.06. The zero-order chi connectivity index (χ0) is 17.9. The van der Waals surface area contributed by atoms with Crippen LogP contribution in [0.25, 0.3) is 0 Å². The summed E-state index contributed by atoms with van der Waals surface area (Å²) in [4.78, 5) is 1.73. The van der Waals surface area contributed by atoms with Crippen molar-refractivity contribution in [1.29, 1.82) is 0 Å². The Labute approximate surface area is 145 Å². The summed E-state index contributed by atoms with van der Waals surface area (Å²) in [6, 6.07) is 14.8. The summed E-state index contributed by atoms with van der Waals surface area (Å²) in [5.41, 5.74) is 7.99. The van der Waals surface area contributed by atoms with Crippen LogP contribution in [-0.4, -0.2) is 19.3 Å². The van der Waals surface area contributed by atoms with Crippen LogP contribution in [0.15, 0.2) is 48.5 Å². The largest absolute Gasteiger partial charge is 0.487 e. The van der Waals surface area contributed by atoms with E-state index in [2.05, 4.69) is 0 Å². The van der Waals surface area contributed by atoms with Crippen LogP contribution >= 0.6 is 0 Å². The first-order valence-corrected chi connectivity index (χ1v) is 8.31. The number of hydrogen-bond acceptors (Lipinski definition) is 3. The fraction of sp³-hybridized carbons (Fsp3) is 0.368. The average molecular weight is 350 g/mol. The molecule has 0 radical (unpaired) electrons. The minimum atomic E-state index is -4.18. The van der Waals surface area contributed by atoms with E-state index >= 15 is 0 Å². The lowest BCUT2D eigenvalue weighted by molar-refractivity contribution is -0.176. The van der Waals surface area contributed by atoms with E-state index in [1.165, 1.54) is 0 Å². The van der Waals surface area contributed by atoms with Crippen LogP contribution in [0.4, 0.5) is 24.5 Å². The molecule has 25 heavy (non-hydrogen) atoms. The van der Waals surface area contributed by atoms with Gasteiger partial charge in [0.05, 0.1) is 11.6 Å². The topological polar surface area (TPSA) is 38.5 Å². The monoisotopic (exact) mass is 350 g/mol. The van der Waals surface area contributed by atoms with E-state index in [1.807, 2.05) is 30.3 Å². The smallest absolute Gasteiger partial charge is 0.393 e. The summed E-state index contributed by atoms with van der Waals surface area (Å²) in [5.74, 6) is -0.759. The first kappa shape index (κ1) is 17.5. The molecular weight excluding hydrogens is 329 g/mol. The molecule has 0 spiro atoms. The quantitative estimate of drug-likeness (QED) is 0.818. The normalized spacial score (nSPS) is 18.2. The Morgan fingerprint density at radius 2 is 1.88 bits per heavy atom. The van der Waals surface area contributed by atoms with Crippen LogP contribution in [0, 0.1) is 5.92 Å². The third kappa shape index (κ3) is 4.38. The Bertz CT molecular complexity index is 704. The van der Waals surface area contributed by atoms with Gasteiger partial charge in [-0.2, -0.15) is 13.2 Å². The summed E-state index contributed by atoms with van der Waals surface area (Å²) < 4.78 is 45.2. The van der Waals surface area contributed by atoms with E-state index in [1.54, 1.807) is 23.1 Å². The predicted molar refractivity (Wildman–Crippen MR) is 92.6 cm³/mol. The third-order valence-corrected chi connectivity index (χ3v) is 4.45. The summed E-state index contributed by atoms with van der Waals surface area (Å²) >= 11 is 0. The van der Waals surface area contributed by atoms with Gasteiger partial charge in [-0.05, 0) is 36.6 Å². The second-order valence-corrected chi connectivity index (χ2v) is 6.33. The number of nitrogens with two attached hydrogens (primary N) is 1. The Balaban J connectivity index is 1.79. The molecule has 1 atom stereocenters. The number of rotatable bonds is 4. The van der Waals surface area contributed by atoms with E-state index in [9.17, 15) is 13.2 Å². The van der Waals surface area contributed by atoms with Crippen LogP contribution in [0.2, 0.25) is 0 Å². The molecule has 0 aromatic heterocycles. The van der Waals surface area contributed by atoms with E-state index in [0.29, 0.717) is 36.7 Å². The van der Waals surface area contributed by atoms with Gasteiger partial charge in [-0.3, -0.25) is 0 Å². The van der Waals surface area contributed by atoms with Gasteiger partial charge in [-0.25, -0.2) is 0 Å². The SMILES string of the molecule is Nc1ccc(OCc2ccccc2)c(N2CCCC(C(F)(F)F)C2)c1. The molecule has 2 aromatic rings. The van der Waals surface area contributed by atoms with Crippen molar-refractivity contribution in [3.05, 3.63) is 54.1 Å². The van der Waals surface area contributed by atoms with Gasteiger partial charge >= 0.3 is 6.18 Å². The Morgan fingerprint density at radius 3 is 2.60 bits per heavy atom. The van der Waals surface area contributed by atoms with Gasteiger partial charge in [0.1, 0.15) is 12.4 Å². The van der Waals surface area contributed by atoms with Crippen molar-refractivity contribution < 1.29 is 17.9 Å². The van der Waals surface area contributed by atoms with Crippen molar-refractivity contribution in [3.8, 4) is 5.75 Å². The maximum absolute atomic E-state index is 13.1. The minimum Gasteiger partial charge on any atom is -0.487 e. The van der Waals surface area contributed by atoms with E-state index < -0.39 is 12.1 Å². The summed E-state index contributed by atoms with van der Waals surface area (Å²) in [6.45, 7) is 0.862. The highest BCUT2D eigenvalue weighted by molar-refractivity contribution is 5.65. The number of anilines is 2. The molecule has 134 valence electrons. The number of nitrogen functional groups attached to an aromatic ring is 1. The van der Waals surface area contributed by atoms with Gasteiger partial charge in [0.2, 0.25) is 0 Å².